The van der Waals surface area contributed by atoms with E-state index in [1.807, 2.05) is 19.2 Å². The van der Waals surface area contributed by atoms with Gasteiger partial charge in [-0.05, 0) is 37.2 Å². The minimum Gasteiger partial charge on any atom is -0.483 e. The van der Waals surface area contributed by atoms with Crippen molar-refractivity contribution in [2.75, 3.05) is 13.2 Å². The van der Waals surface area contributed by atoms with E-state index >= 15 is 0 Å². The van der Waals surface area contributed by atoms with Crippen molar-refractivity contribution in [1.29, 1.82) is 0 Å². The Morgan fingerprint density at radius 1 is 1.37 bits per heavy atom. The number of rotatable bonds is 2. The molecule has 0 radical (unpaired) electrons. The number of aromatic amines is 1. The normalized spacial score (nSPS) is 14.3. The molecule has 0 spiro atoms. The molecular formula is C15H16N2OS. The second-order valence-corrected chi connectivity index (χ2v) is 4.88. The van der Waals surface area contributed by atoms with Crippen molar-refractivity contribution in [3.63, 3.8) is 0 Å². The van der Waals surface area contributed by atoms with Crippen LogP contribution >= 0.6 is 12.2 Å². The van der Waals surface area contributed by atoms with Crippen LogP contribution < -0.4 is 5.32 Å². The lowest BCUT2D eigenvalue weighted by molar-refractivity contribution is 0.340. The summed E-state index contributed by atoms with van der Waals surface area (Å²) in [6.45, 7) is 3.45. The number of H-pyrrole nitrogens is 1. The molecule has 0 atom stereocenters. The Balaban J connectivity index is 2.15. The van der Waals surface area contributed by atoms with Crippen LogP contribution in [0.15, 0.2) is 30.5 Å². The fraction of sp³-hybridized carbons (Fsp3) is 0.267. The number of aromatic nitrogens is 1. The molecule has 2 heterocycles. The molecule has 19 heavy (non-hydrogen) atoms. The lowest BCUT2D eigenvalue weighted by atomic mass is 10.0. The van der Waals surface area contributed by atoms with E-state index in [0.29, 0.717) is 11.7 Å². The van der Waals surface area contributed by atoms with E-state index in [-0.39, 0.29) is 0 Å². The molecular weight excluding hydrogens is 256 g/mol. The molecule has 4 heteroatoms. The summed E-state index contributed by atoms with van der Waals surface area (Å²) in [6.07, 6.45) is 2.94. The Morgan fingerprint density at radius 2 is 2.21 bits per heavy atom. The van der Waals surface area contributed by atoms with Gasteiger partial charge in [0.2, 0.25) is 0 Å². The first-order chi connectivity index (χ1) is 9.31. The van der Waals surface area contributed by atoms with Gasteiger partial charge < -0.3 is 15.0 Å². The molecule has 2 aromatic rings. The third-order valence-electron chi connectivity index (χ3n) is 3.34. The highest BCUT2D eigenvalue weighted by molar-refractivity contribution is 7.81. The van der Waals surface area contributed by atoms with Crippen LogP contribution in [0.3, 0.4) is 0 Å². The van der Waals surface area contributed by atoms with Crippen LogP contribution in [0.1, 0.15) is 18.2 Å². The largest absolute Gasteiger partial charge is 0.483 e. The lowest BCUT2D eigenvalue weighted by Gasteiger charge is -2.08. The van der Waals surface area contributed by atoms with E-state index in [1.165, 1.54) is 10.9 Å². The van der Waals surface area contributed by atoms with Crippen molar-refractivity contribution in [3.05, 3.63) is 41.7 Å². The Bertz CT molecular complexity index is 657. The first-order valence-corrected chi connectivity index (χ1v) is 6.92. The lowest BCUT2D eigenvalue weighted by Crippen LogP contribution is -2.10. The highest BCUT2D eigenvalue weighted by Crippen LogP contribution is 2.29. The summed E-state index contributed by atoms with van der Waals surface area (Å²) in [7, 11) is 0. The molecule has 3 nitrogen and oxygen atoms in total. The first-order valence-electron chi connectivity index (χ1n) is 6.52. The standard InChI is InChI=1S/C15H16N2OS/c1-2-18-15(19)12-9-16-8-7-11-10-5-3-4-6-13(10)17-14(11)12/h3-6,9,16-17H,2,7-8H2,1H3. The fourth-order valence-corrected chi connectivity index (χ4v) is 2.78. The van der Waals surface area contributed by atoms with Crippen molar-refractivity contribution >= 4 is 33.7 Å². The van der Waals surface area contributed by atoms with Crippen molar-refractivity contribution in [1.82, 2.24) is 10.3 Å². The SMILES string of the molecule is CCOC(=S)C1=CNCCc2c1[nH]c1ccccc21. The Kier molecular flexibility index (Phi) is 3.25. The van der Waals surface area contributed by atoms with E-state index in [4.69, 9.17) is 17.0 Å². The van der Waals surface area contributed by atoms with E-state index in [9.17, 15) is 0 Å². The van der Waals surface area contributed by atoms with Gasteiger partial charge in [0.15, 0.2) is 5.05 Å². The third kappa shape index (κ3) is 2.12. The van der Waals surface area contributed by atoms with Crippen LogP contribution in [-0.2, 0) is 11.2 Å². The van der Waals surface area contributed by atoms with E-state index < -0.39 is 0 Å². The van der Waals surface area contributed by atoms with E-state index in [0.717, 1.165) is 29.7 Å². The van der Waals surface area contributed by atoms with Crippen molar-refractivity contribution in [2.24, 2.45) is 0 Å². The fourth-order valence-electron chi connectivity index (χ4n) is 2.50. The number of thiocarbonyl (C=S) groups is 1. The zero-order valence-electron chi connectivity index (χ0n) is 10.8. The molecule has 98 valence electrons. The number of hydrogen-bond acceptors (Lipinski definition) is 3. The molecule has 0 saturated heterocycles. The molecule has 0 aliphatic carbocycles. The molecule has 0 amide bonds. The smallest absolute Gasteiger partial charge is 0.194 e. The Labute approximate surface area is 117 Å². The molecule has 3 rings (SSSR count). The van der Waals surface area contributed by atoms with Gasteiger partial charge in [0.1, 0.15) is 0 Å². The van der Waals surface area contributed by atoms with Gasteiger partial charge in [-0.3, -0.25) is 0 Å². The topological polar surface area (TPSA) is 37.0 Å². The molecule has 2 N–H and O–H groups in total. The second kappa shape index (κ2) is 5.05. The summed E-state index contributed by atoms with van der Waals surface area (Å²) < 4.78 is 5.49. The number of ether oxygens (including phenoxy) is 1. The molecule has 0 unspecified atom stereocenters. The Morgan fingerprint density at radius 3 is 3.05 bits per heavy atom. The molecule has 0 saturated carbocycles. The molecule has 0 fully saturated rings. The molecule has 0 bridgehead atoms. The number of nitrogens with one attached hydrogen (secondary N) is 2. The van der Waals surface area contributed by atoms with Gasteiger partial charge in [-0.1, -0.05) is 18.2 Å². The molecule has 1 aromatic carbocycles. The summed E-state index contributed by atoms with van der Waals surface area (Å²) in [5.41, 5.74) is 4.50. The van der Waals surface area contributed by atoms with Crippen molar-refractivity contribution in [2.45, 2.75) is 13.3 Å². The maximum Gasteiger partial charge on any atom is 0.194 e. The van der Waals surface area contributed by atoms with E-state index in [2.05, 4.69) is 28.5 Å². The maximum absolute atomic E-state index is 5.49. The quantitative estimate of drug-likeness (QED) is 0.825. The molecule has 1 aromatic heterocycles. The Hall–Kier alpha value is -1.81. The average molecular weight is 272 g/mol. The third-order valence-corrected chi connectivity index (χ3v) is 3.68. The molecule has 1 aliphatic heterocycles. The minimum absolute atomic E-state index is 0.546. The van der Waals surface area contributed by atoms with Gasteiger partial charge in [-0.2, -0.15) is 0 Å². The summed E-state index contributed by atoms with van der Waals surface area (Å²) >= 11 is 5.36. The van der Waals surface area contributed by atoms with Gasteiger partial charge in [0.25, 0.3) is 0 Å². The summed E-state index contributed by atoms with van der Waals surface area (Å²) in [5, 5.41) is 5.10. The van der Waals surface area contributed by atoms with Crippen LogP contribution in [-0.4, -0.2) is 23.2 Å². The van der Waals surface area contributed by atoms with Crippen LogP contribution in [0.2, 0.25) is 0 Å². The van der Waals surface area contributed by atoms with Gasteiger partial charge in [0.05, 0.1) is 17.9 Å². The number of hydrogen-bond donors (Lipinski definition) is 2. The molecule has 1 aliphatic rings. The van der Waals surface area contributed by atoms with Crippen molar-refractivity contribution in [3.8, 4) is 0 Å². The maximum atomic E-state index is 5.49. The predicted molar refractivity (Wildman–Crippen MR) is 82.2 cm³/mol. The number of benzene rings is 1. The number of para-hydroxylation sites is 1. The van der Waals surface area contributed by atoms with Gasteiger partial charge >= 0.3 is 0 Å². The monoisotopic (exact) mass is 272 g/mol. The highest BCUT2D eigenvalue weighted by atomic mass is 32.1. The van der Waals surface area contributed by atoms with Gasteiger partial charge in [-0.15, -0.1) is 0 Å². The second-order valence-electron chi connectivity index (χ2n) is 4.51. The van der Waals surface area contributed by atoms with Gasteiger partial charge in [-0.25, -0.2) is 0 Å². The van der Waals surface area contributed by atoms with E-state index in [1.54, 1.807) is 0 Å². The van der Waals surface area contributed by atoms with Crippen LogP contribution in [0.4, 0.5) is 0 Å². The van der Waals surface area contributed by atoms with Crippen molar-refractivity contribution < 1.29 is 4.74 Å². The van der Waals surface area contributed by atoms with Crippen LogP contribution in [0.5, 0.6) is 0 Å². The summed E-state index contributed by atoms with van der Waals surface area (Å²) in [6, 6.07) is 8.36. The summed E-state index contributed by atoms with van der Waals surface area (Å²) in [4.78, 5) is 3.47. The zero-order chi connectivity index (χ0) is 13.2. The van der Waals surface area contributed by atoms with Crippen LogP contribution in [0.25, 0.3) is 16.5 Å². The summed E-state index contributed by atoms with van der Waals surface area (Å²) in [5.74, 6) is 0. The average Bonchev–Trinajstić information content (AvgIpc) is 2.64. The highest BCUT2D eigenvalue weighted by Gasteiger charge is 2.20. The van der Waals surface area contributed by atoms with Gasteiger partial charge in [0, 0.05) is 23.6 Å². The first kappa shape index (κ1) is 12.2. The minimum atomic E-state index is 0.546. The zero-order valence-corrected chi connectivity index (χ0v) is 11.6. The number of fused-ring (bicyclic) bond motifs is 3. The predicted octanol–water partition coefficient (Wildman–Crippen LogP) is 3.02. The van der Waals surface area contributed by atoms with Crippen LogP contribution in [0, 0.1) is 0 Å².